The Bertz CT molecular complexity index is 464. The third-order valence-electron chi connectivity index (χ3n) is 4.53. The number of likely N-dealkylation sites (N-methyl/N-ethyl adjacent to an activating group) is 1. The normalized spacial score (nSPS) is 23.2. The highest BCUT2D eigenvalue weighted by Gasteiger charge is 2.26. The summed E-state index contributed by atoms with van der Waals surface area (Å²) >= 11 is 0. The molecule has 0 saturated carbocycles. The predicted molar refractivity (Wildman–Crippen MR) is 79.3 cm³/mol. The third kappa shape index (κ3) is 2.63. The van der Waals surface area contributed by atoms with Crippen molar-refractivity contribution in [1.29, 1.82) is 0 Å². The summed E-state index contributed by atoms with van der Waals surface area (Å²) in [4.78, 5) is 2.62. The largest absolute Gasteiger partial charge is 0.454 e. The molecule has 1 N–H and O–H groups in total. The number of fused-ring (bicyclic) bond motifs is 1. The topological polar surface area (TPSA) is 33.7 Å². The quantitative estimate of drug-likeness (QED) is 0.896. The molecule has 1 fully saturated rings. The van der Waals surface area contributed by atoms with Gasteiger partial charge in [0.25, 0.3) is 0 Å². The second-order valence-corrected chi connectivity index (χ2v) is 5.65. The number of likely N-dealkylation sites (tertiary alicyclic amines) is 1. The van der Waals surface area contributed by atoms with Gasteiger partial charge in [-0.1, -0.05) is 13.0 Å². The van der Waals surface area contributed by atoms with Gasteiger partial charge >= 0.3 is 0 Å². The van der Waals surface area contributed by atoms with E-state index in [2.05, 4.69) is 29.3 Å². The molecule has 0 bridgehead atoms. The lowest BCUT2D eigenvalue weighted by atomic mass is 10.0. The van der Waals surface area contributed by atoms with E-state index in [0.717, 1.165) is 24.1 Å². The number of benzene rings is 1. The van der Waals surface area contributed by atoms with E-state index in [1.165, 1.54) is 31.4 Å². The van der Waals surface area contributed by atoms with E-state index in [1.807, 2.05) is 13.1 Å². The summed E-state index contributed by atoms with van der Waals surface area (Å²) in [6, 6.07) is 7.37. The zero-order chi connectivity index (χ0) is 13.9. The second-order valence-electron chi connectivity index (χ2n) is 5.65. The first kappa shape index (κ1) is 13.7. The average Bonchev–Trinajstić information content (AvgIpc) is 3.12. The Morgan fingerprint density at radius 1 is 1.35 bits per heavy atom. The van der Waals surface area contributed by atoms with Crippen LogP contribution in [0.15, 0.2) is 18.2 Å². The molecule has 0 amide bonds. The lowest BCUT2D eigenvalue weighted by Crippen LogP contribution is -2.36. The Balaban J connectivity index is 1.73. The predicted octanol–water partition coefficient (Wildman–Crippen LogP) is 2.55. The van der Waals surface area contributed by atoms with Crippen LogP contribution in [0.25, 0.3) is 0 Å². The van der Waals surface area contributed by atoms with Crippen molar-refractivity contribution in [3.63, 3.8) is 0 Å². The molecule has 2 unspecified atom stereocenters. The Morgan fingerprint density at radius 3 is 3.00 bits per heavy atom. The van der Waals surface area contributed by atoms with Crippen LogP contribution in [-0.4, -0.2) is 37.9 Å². The molecule has 2 aliphatic rings. The first-order chi connectivity index (χ1) is 9.81. The van der Waals surface area contributed by atoms with Gasteiger partial charge in [0.1, 0.15) is 0 Å². The van der Waals surface area contributed by atoms with Gasteiger partial charge in [0.2, 0.25) is 6.79 Å². The lowest BCUT2D eigenvalue weighted by molar-refractivity contribution is 0.174. The van der Waals surface area contributed by atoms with Gasteiger partial charge in [0.05, 0.1) is 0 Å². The molecule has 0 spiro atoms. The first-order valence-electron chi connectivity index (χ1n) is 7.62. The molecule has 3 rings (SSSR count). The van der Waals surface area contributed by atoms with Gasteiger partial charge in [0, 0.05) is 18.6 Å². The van der Waals surface area contributed by atoms with Crippen LogP contribution in [0, 0.1) is 0 Å². The van der Waals surface area contributed by atoms with Gasteiger partial charge in [-0.25, -0.2) is 0 Å². The summed E-state index contributed by atoms with van der Waals surface area (Å²) in [5, 5.41) is 3.44. The summed E-state index contributed by atoms with van der Waals surface area (Å²) in [6.45, 7) is 4.92. The van der Waals surface area contributed by atoms with Crippen LogP contribution in [-0.2, 0) is 0 Å². The molecule has 110 valence electrons. The maximum atomic E-state index is 5.48. The van der Waals surface area contributed by atoms with Crippen LogP contribution in [0.3, 0.4) is 0 Å². The van der Waals surface area contributed by atoms with Crippen LogP contribution in [0.4, 0.5) is 0 Å². The van der Waals surface area contributed by atoms with Crippen molar-refractivity contribution in [1.82, 2.24) is 10.2 Å². The second kappa shape index (κ2) is 6.02. The minimum Gasteiger partial charge on any atom is -0.454 e. The zero-order valence-corrected chi connectivity index (χ0v) is 12.4. The van der Waals surface area contributed by atoms with Crippen molar-refractivity contribution in [3.05, 3.63) is 23.8 Å². The monoisotopic (exact) mass is 276 g/mol. The van der Waals surface area contributed by atoms with Crippen molar-refractivity contribution >= 4 is 0 Å². The molecule has 2 heterocycles. The zero-order valence-electron chi connectivity index (χ0n) is 12.4. The van der Waals surface area contributed by atoms with Crippen molar-refractivity contribution in [2.75, 3.05) is 26.9 Å². The van der Waals surface area contributed by atoms with Crippen LogP contribution in [0.2, 0.25) is 0 Å². The molecule has 0 aliphatic carbocycles. The van der Waals surface area contributed by atoms with E-state index in [0.29, 0.717) is 12.8 Å². The van der Waals surface area contributed by atoms with Crippen molar-refractivity contribution in [2.45, 2.75) is 38.3 Å². The van der Waals surface area contributed by atoms with Gasteiger partial charge < -0.3 is 14.8 Å². The molecule has 1 aromatic rings. The highest BCUT2D eigenvalue weighted by molar-refractivity contribution is 5.45. The minimum atomic E-state index is 0.340. The number of nitrogens with one attached hydrogen (secondary N) is 1. The minimum absolute atomic E-state index is 0.340. The van der Waals surface area contributed by atoms with Crippen LogP contribution in [0.1, 0.15) is 37.8 Å². The van der Waals surface area contributed by atoms with E-state index < -0.39 is 0 Å². The standard InChI is InChI=1S/C16H24N2O2/c1-3-13-5-4-8-18(13)10-14(17-2)12-6-7-15-16(9-12)20-11-19-15/h6-7,9,13-14,17H,3-5,8,10-11H2,1-2H3. The number of ether oxygens (including phenoxy) is 2. The Morgan fingerprint density at radius 2 is 2.20 bits per heavy atom. The van der Waals surface area contributed by atoms with Gasteiger partial charge in [-0.05, 0) is 50.6 Å². The molecule has 0 aromatic heterocycles. The summed E-state index contributed by atoms with van der Waals surface area (Å²) in [5.41, 5.74) is 1.28. The highest BCUT2D eigenvalue weighted by Crippen LogP contribution is 2.34. The van der Waals surface area contributed by atoms with Crippen LogP contribution in [0.5, 0.6) is 11.5 Å². The molecule has 2 atom stereocenters. The number of hydrogen-bond donors (Lipinski definition) is 1. The molecule has 20 heavy (non-hydrogen) atoms. The Labute approximate surface area is 121 Å². The molecule has 4 nitrogen and oxygen atoms in total. The van der Waals surface area contributed by atoms with Gasteiger partial charge in [-0.3, -0.25) is 4.90 Å². The van der Waals surface area contributed by atoms with Gasteiger partial charge in [0.15, 0.2) is 11.5 Å². The molecule has 1 saturated heterocycles. The molecule has 0 radical (unpaired) electrons. The average molecular weight is 276 g/mol. The smallest absolute Gasteiger partial charge is 0.231 e. The Kier molecular flexibility index (Phi) is 4.13. The van der Waals surface area contributed by atoms with Gasteiger partial charge in [-0.15, -0.1) is 0 Å². The first-order valence-corrected chi connectivity index (χ1v) is 7.62. The fourth-order valence-electron chi connectivity index (χ4n) is 3.33. The SMILES string of the molecule is CCC1CCCN1CC(NC)c1ccc2c(c1)OCO2. The number of nitrogens with zero attached hydrogens (tertiary/aromatic N) is 1. The highest BCUT2D eigenvalue weighted by atomic mass is 16.7. The van der Waals surface area contributed by atoms with Crippen molar-refractivity contribution in [2.24, 2.45) is 0 Å². The van der Waals surface area contributed by atoms with Crippen LogP contribution < -0.4 is 14.8 Å². The molecule has 1 aromatic carbocycles. The summed E-state index contributed by atoms with van der Waals surface area (Å²) in [7, 11) is 2.03. The molecule has 2 aliphatic heterocycles. The third-order valence-corrected chi connectivity index (χ3v) is 4.53. The Hall–Kier alpha value is -1.26. The molecule has 4 heteroatoms. The summed E-state index contributed by atoms with van der Waals surface area (Å²) in [6.07, 6.45) is 3.92. The van der Waals surface area contributed by atoms with Crippen LogP contribution >= 0.6 is 0 Å². The van der Waals surface area contributed by atoms with E-state index in [1.54, 1.807) is 0 Å². The van der Waals surface area contributed by atoms with E-state index in [-0.39, 0.29) is 0 Å². The fourth-order valence-corrected chi connectivity index (χ4v) is 3.33. The number of rotatable bonds is 5. The van der Waals surface area contributed by atoms with Crippen molar-refractivity contribution < 1.29 is 9.47 Å². The maximum Gasteiger partial charge on any atom is 0.231 e. The van der Waals surface area contributed by atoms with Crippen molar-refractivity contribution in [3.8, 4) is 11.5 Å². The molecular weight excluding hydrogens is 252 g/mol. The van der Waals surface area contributed by atoms with E-state index in [4.69, 9.17) is 9.47 Å². The lowest BCUT2D eigenvalue weighted by Gasteiger charge is -2.28. The van der Waals surface area contributed by atoms with E-state index in [9.17, 15) is 0 Å². The van der Waals surface area contributed by atoms with E-state index >= 15 is 0 Å². The number of hydrogen-bond acceptors (Lipinski definition) is 4. The fraction of sp³-hybridized carbons (Fsp3) is 0.625. The molecular formula is C16H24N2O2. The van der Waals surface area contributed by atoms with Gasteiger partial charge in [-0.2, -0.15) is 0 Å². The summed E-state index contributed by atoms with van der Waals surface area (Å²) < 4.78 is 10.9. The maximum absolute atomic E-state index is 5.48. The summed E-state index contributed by atoms with van der Waals surface area (Å²) in [5.74, 6) is 1.73.